The Kier molecular flexibility index (Phi) is 5.58. The van der Waals surface area contributed by atoms with Gasteiger partial charge in [-0.2, -0.15) is 4.98 Å². The van der Waals surface area contributed by atoms with Gasteiger partial charge in [-0.1, -0.05) is 29.8 Å². The average molecular weight is 369 g/mol. The topological polar surface area (TPSA) is 59.1 Å². The Labute approximate surface area is 158 Å². The Bertz CT molecular complexity index is 914. The van der Waals surface area contributed by atoms with Crippen LogP contribution in [0.2, 0.25) is 5.02 Å². The number of hydrogen-bond donors (Lipinski definition) is 2. The van der Waals surface area contributed by atoms with E-state index in [4.69, 9.17) is 16.3 Å². The minimum absolute atomic E-state index is 0.499. The third-order valence-electron chi connectivity index (χ3n) is 3.75. The SMILES string of the molecule is CCOc1ccccc1Nc1nc(C)cc(Nc2cc(Cl)ccc2C)n1. The van der Waals surface area contributed by atoms with Crippen molar-refractivity contribution in [3.8, 4) is 5.75 Å². The van der Waals surface area contributed by atoms with Crippen molar-refractivity contribution >= 4 is 34.7 Å². The van der Waals surface area contributed by atoms with E-state index in [1.807, 2.05) is 69.3 Å². The molecule has 26 heavy (non-hydrogen) atoms. The highest BCUT2D eigenvalue weighted by molar-refractivity contribution is 6.30. The van der Waals surface area contributed by atoms with Gasteiger partial charge in [-0.25, -0.2) is 4.98 Å². The molecule has 0 amide bonds. The molecule has 0 aliphatic rings. The molecule has 1 heterocycles. The van der Waals surface area contributed by atoms with Gasteiger partial charge in [0.05, 0.1) is 12.3 Å². The van der Waals surface area contributed by atoms with Gasteiger partial charge in [-0.3, -0.25) is 0 Å². The maximum absolute atomic E-state index is 6.10. The molecule has 0 spiro atoms. The molecule has 2 aromatic carbocycles. The lowest BCUT2D eigenvalue weighted by atomic mass is 10.2. The number of aryl methyl sites for hydroxylation is 2. The van der Waals surface area contributed by atoms with Gasteiger partial charge in [-0.15, -0.1) is 0 Å². The van der Waals surface area contributed by atoms with Crippen LogP contribution in [0.1, 0.15) is 18.2 Å². The minimum Gasteiger partial charge on any atom is -0.492 e. The first-order valence-electron chi connectivity index (χ1n) is 8.43. The molecule has 0 aliphatic heterocycles. The Morgan fingerprint density at radius 3 is 2.58 bits per heavy atom. The zero-order valence-electron chi connectivity index (χ0n) is 15.0. The van der Waals surface area contributed by atoms with Gasteiger partial charge in [0.2, 0.25) is 5.95 Å². The molecule has 134 valence electrons. The van der Waals surface area contributed by atoms with E-state index >= 15 is 0 Å². The molecule has 6 heteroatoms. The predicted molar refractivity (Wildman–Crippen MR) is 107 cm³/mol. The van der Waals surface area contributed by atoms with E-state index in [2.05, 4.69) is 20.6 Å². The van der Waals surface area contributed by atoms with Gasteiger partial charge in [0.15, 0.2) is 0 Å². The van der Waals surface area contributed by atoms with Crippen molar-refractivity contribution in [2.24, 2.45) is 0 Å². The molecule has 0 saturated carbocycles. The Morgan fingerprint density at radius 2 is 1.77 bits per heavy atom. The van der Waals surface area contributed by atoms with Crippen LogP contribution < -0.4 is 15.4 Å². The van der Waals surface area contributed by atoms with E-state index in [0.717, 1.165) is 28.4 Å². The minimum atomic E-state index is 0.499. The lowest BCUT2D eigenvalue weighted by Crippen LogP contribution is -2.04. The monoisotopic (exact) mass is 368 g/mol. The number of nitrogens with one attached hydrogen (secondary N) is 2. The average Bonchev–Trinajstić information content (AvgIpc) is 2.60. The summed E-state index contributed by atoms with van der Waals surface area (Å²) in [5, 5.41) is 7.22. The molecule has 0 saturated heterocycles. The molecule has 5 nitrogen and oxygen atoms in total. The van der Waals surface area contributed by atoms with Crippen molar-refractivity contribution in [1.29, 1.82) is 0 Å². The van der Waals surface area contributed by atoms with E-state index in [-0.39, 0.29) is 0 Å². The van der Waals surface area contributed by atoms with Crippen LogP contribution in [0.15, 0.2) is 48.5 Å². The van der Waals surface area contributed by atoms with E-state index in [9.17, 15) is 0 Å². The molecular formula is C20H21ClN4O. The fraction of sp³-hybridized carbons (Fsp3) is 0.200. The van der Waals surface area contributed by atoms with E-state index < -0.39 is 0 Å². The Balaban J connectivity index is 1.87. The molecule has 0 fully saturated rings. The number of hydrogen-bond acceptors (Lipinski definition) is 5. The molecule has 0 bridgehead atoms. The summed E-state index contributed by atoms with van der Waals surface area (Å²) in [5.74, 6) is 1.96. The summed E-state index contributed by atoms with van der Waals surface area (Å²) in [4.78, 5) is 9.03. The van der Waals surface area contributed by atoms with Gasteiger partial charge in [0, 0.05) is 22.5 Å². The van der Waals surface area contributed by atoms with Crippen molar-refractivity contribution in [2.75, 3.05) is 17.2 Å². The summed E-state index contributed by atoms with van der Waals surface area (Å²) in [7, 11) is 0. The van der Waals surface area contributed by atoms with Gasteiger partial charge < -0.3 is 15.4 Å². The van der Waals surface area contributed by atoms with Gasteiger partial charge in [0.1, 0.15) is 11.6 Å². The molecule has 0 unspecified atom stereocenters. The van der Waals surface area contributed by atoms with Crippen LogP contribution in [0.5, 0.6) is 5.75 Å². The van der Waals surface area contributed by atoms with Crippen LogP contribution in [-0.2, 0) is 0 Å². The van der Waals surface area contributed by atoms with E-state index in [0.29, 0.717) is 23.4 Å². The third kappa shape index (κ3) is 4.43. The third-order valence-corrected chi connectivity index (χ3v) is 3.99. The van der Waals surface area contributed by atoms with Gasteiger partial charge in [0.25, 0.3) is 0 Å². The molecule has 0 aliphatic carbocycles. The highest BCUT2D eigenvalue weighted by Gasteiger charge is 2.08. The summed E-state index contributed by atoms with van der Waals surface area (Å²) >= 11 is 6.10. The second-order valence-corrected chi connectivity index (χ2v) is 6.29. The van der Waals surface area contributed by atoms with Crippen molar-refractivity contribution in [3.05, 3.63) is 64.8 Å². The Hall–Kier alpha value is -2.79. The van der Waals surface area contributed by atoms with Crippen LogP contribution >= 0.6 is 11.6 Å². The molecular weight excluding hydrogens is 348 g/mol. The smallest absolute Gasteiger partial charge is 0.229 e. The van der Waals surface area contributed by atoms with Crippen LogP contribution in [0.25, 0.3) is 0 Å². The molecule has 0 atom stereocenters. The lowest BCUT2D eigenvalue weighted by Gasteiger charge is -2.14. The van der Waals surface area contributed by atoms with Crippen LogP contribution in [0.3, 0.4) is 0 Å². The fourth-order valence-corrected chi connectivity index (χ4v) is 2.70. The summed E-state index contributed by atoms with van der Waals surface area (Å²) in [6.07, 6.45) is 0. The maximum Gasteiger partial charge on any atom is 0.229 e. The highest BCUT2D eigenvalue weighted by Crippen LogP contribution is 2.28. The maximum atomic E-state index is 6.10. The van der Waals surface area contributed by atoms with Crippen molar-refractivity contribution in [1.82, 2.24) is 9.97 Å². The van der Waals surface area contributed by atoms with Gasteiger partial charge >= 0.3 is 0 Å². The standard InChI is InChI=1S/C20H21ClN4O/c1-4-26-18-8-6-5-7-16(18)24-20-22-14(3)11-19(25-20)23-17-12-15(21)10-9-13(17)2/h5-12H,4H2,1-3H3,(H2,22,23,24,25). The zero-order chi connectivity index (χ0) is 18.5. The molecule has 3 aromatic rings. The second-order valence-electron chi connectivity index (χ2n) is 5.86. The first-order valence-corrected chi connectivity index (χ1v) is 8.80. The van der Waals surface area contributed by atoms with Crippen molar-refractivity contribution in [3.63, 3.8) is 0 Å². The number of aromatic nitrogens is 2. The van der Waals surface area contributed by atoms with Crippen LogP contribution in [0, 0.1) is 13.8 Å². The quantitative estimate of drug-likeness (QED) is 0.590. The number of para-hydroxylation sites is 2. The summed E-state index contributed by atoms with van der Waals surface area (Å²) in [6, 6.07) is 15.3. The second kappa shape index (κ2) is 8.06. The normalized spacial score (nSPS) is 10.5. The largest absolute Gasteiger partial charge is 0.492 e. The summed E-state index contributed by atoms with van der Waals surface area (Å²) in [6.45, 7) is 6.49. The summed E-state index contributed by atoms with van der Waals surface area (Å²) in [5.41, 5.74) is 3.67. The number of ether oxygens (including phenoxy) is 1. The van der Waals surface area contributed by atoms with Crippen molar-refractivity contribution in [2.45, 2.75) is 20.8 Å². The molecule has 3 rings (SSSR count). The highest BCUT2D eigenvalue weighted by atomic mass is 35.5. The first-order chi connectivity index (χ1) is 12.5. The van der Waals surface area contributed by atoms with Gasteiger partial charge in [-0.05, 0) is 50.6 Å². The van der Waals surface area contributed by atoms with Crippen LogP contribution in [-0.4, -0.2) is 16.6 Å². The number of halogens is 1. The number of benzene rings is 2. The Morgan fingerprint density at radius 1 is 0.962 bits per heavy atom. The van der Waals surface area contributed by atoms with E-state index in [1.165, 1.54) is 0 Å². The molecule has 2 N–H and O–H groups in total. The van der Waals surface area contributed by atoms with E-state index in [1.54, 1.807) is 0 Å². The zero-order valence-corrected chi connectivity index (χ0v) is 15.8. The molecule has 1 aromatic heterocycles. The van der Waals surface area contributed by atoms with Crippen molar-refractivity contribution < 1.29 is 4.74 Å². The number of anilines is 4. The summed E-state index contributed by atoms with van der Waals surface area (Å²) < 4.78 is 5.65. The fourth-order valence-electron chi connectivity index (χ4n) is 2.53. The predicted octanol–water partition coefficient (Wildman–Crippen LogP) is 5.63. The number of nitrogens with zero attached hydrogens (tertiary/aromatic N) is 2. The molecule has 0 radical (unpaired) electrons. The first kappa shape index (κ1) is 18.0. The lowest BCUT2D eigenvalue weighted by molar-refractivity contribution is 0.342. The number of rotatable bonds is 6. The van der Waals surface area contributed by atoms with Crippen LogP contribution in [0.4, 0.5) is 23.1 Å².